The molecule has 1 N–H and O–H groups in total. The third kappa shape index (κ3) is 2.02. The fraction of sp³-hybridized carbons (Fsp3) is 0.417. The third-order valence-electron chi connectivity index (χ3n) is 2.49. The zero-order valence-corrected chi connectivity index (χ0v) is 8.99. The summed E-state index contributed by atoms with van der Waals surface area (Å²) in [5.41, 5.74) is 1.70. The Hall–Kier alpha value is -1.35. The number of hydrogen-bond donors (Lipinski definition) is 1. The minimum Gasteiger partial charge on any atom is -0.452 e. The van der Waals surface area contributed by atoms with Gasteiger partial charge in [-0.15, -0.1) is 0 Å². The van der Waals surface area contributed by atoms with Gasteiger partial charge < -0.3 is 10.1 Å². The van der Waals surface area contributed by atoms with Crippen LogP contribution >= 0.6 is 0 Å². The standard InChI is InChI=1S/C12H15NO2/c1-8(2)13-7-11-9-5-3-4-6-10(9)12(14)15-11/h3-6,8,11,13H,7H2,1-2H3. The van der Waals surface area contributed by atoms with Gasteiger partial charge in [-0.1, -0.05) is 32.0 Å². The van der Waals surface area contributed by atoms with E-state index in [4.69, 9.17) is 4.74 Å². The number of benzene rings is 1. The van der Waals surface area contributed by atoms with E-state index in [9.17, 15) is 4.79 Å². The van der Waals surface area contributed by atoms with Crippen LogP contribution in [0.1, 0.15) is 35.9 Å². The molecule has 0 spiro atoms. The SMILES string of the molecule is CC(C)NCC1OC(=O)c2ccccc21. The Bertz CT molecular complexity index is 374. The number of esters is 1. The lowest BCUT2D eigenvalue weighted by atomic mass is 10.1. The van der Waals surface area contributed by atoms with Crippen molar-refractivity contribution in [3.8, 4) is 0 Å². The predicted molar refractivity (Wildman–Crippen MR) is 57.7 cm³/mol. The Labute approximate surface area is 89.4 Å². The first-order valence-corrected chi connectivity index (χ1v) is 5.22. The van der Waals surface area contributed by atoms with Crippen molar-refractivity contribution >= 4 is 5.97 Å². The van der Waals surface area contributed by atoms with Gasteiger partial charge in [-0.3, -0.25) is 0 Å². The number of rotatable bonds is 3. The second kappa shape index (κ2) is 4.03. The molecule has 0 radical (unpaired) electrons. The molecule has 80 valence electrons. The number of hydrogen-bond acceptors (Lipinski definition) is 3. The van der Waals surface area contributed by atoms with Gasteiger partial charge in [0.05, 0.1) is 5.56 Å². The number of fused-ring (bicyclic) bond motifs is 1. The van der Waals surface area contributed by atoms with Crippen molar-refractivity contribution in [1.29, 1.82) is 0 Å². The van der Waals surface area contributed by atoms with Crippen LogP contribution in [0.2, 0.25) is 0 Å². The number of carbonyl (C=O) groups is 1. The van der Waals surface area contributed by atoms with Crippen molar-refractivity contribution in [2.45, 2.75) is 26.0 Å². The zero-order valence-electron chi connectivity index (χ0n) is 8.99. The summed E-state index contributed by atoms with van der Waals surface area (Å²) in [6.07, 6.45) is -0.129. The molecular formula is C12H15NO2. The van der Waals surface area contributed by atoms with E-state index in [1.165, 1.54) is 0 Å². The normalized spacial score (nSPS) is 19.1. The summed E-state index contributed by atoms with van der Waals surface area (Å²) >= 11 is 0. The molecule has 15 heavy (non-hydrogen) atoms. The van der Waals surface area contributed by atoms with Gasteiger partial charge in [-0.05, 0) is 6.07 Å². The van der Waals surface area contributed by atoms with E-state index in [1.54, 1.807) is 0 Å². The zero-order chi connectivity index (χ0) is 10.8. The van der Waals surface area contributed by atoms with E-state index in [0.717, 1.165) is 5.56 Å². The molecule has 1 aliphatic rings. The van der Waals surface area contributed by atoms with Gasteiger partial charge in [-0.2, -0.15) is 0 Å². The Kier molecular flexibility index (Phi) is 2.73. The van der Waals surface area contributed by atoms with Gasteiger partial charge in [0.15, 0.2) is 0 Å². The fourth-order valence-electron chi connectivity index (χ4n) is 1.71. The summed E-state index contributed by atoms with van der Waals surface area (Å²) in [5, 5.41) is 3.27. The van der Waals surface area contributed by atoms with Crippen LogP contribution in [0.3, 0.4) is 0 Å². The summed E-state index contributed by atoms with van der Waals surface area (Å²) in [5.74, 6) is -0.207. The minimum absolute atomic E-state index is 0.129. The number of nitrogens with one attached hydrogen (secondary N) is 1. The first-order valence-electron chi connectivity index (χ1n) is 5.22. The quantitative estimate of drug-likeness (QED) is 0.766. The van der Waals surface area contributed by atoms with Crippen molar-refractivity contribution in [2.24, 2.45) is 0 Å². The second-order valence-electron chi connectivity index (χ2n) is 4.04. The first kappa shape index (κ1) is 10.2. The highest BCUT2D eigenvalue weighted by atomic mass is 16.5. The Balaban J connectivity index is 2.14. The lowest BCUT2D eigenvalue weighted by Gasteiger charge is -2.13. The van der Waals surface area contributed by atoms with Crippen LogP contribution in [-0.2, 0) is 4.74 Å². The van der Waals surface area contributed by atoms with E-state index in [1.807, 2.05) is 24.3 Å². The minimum atomic E-state index is -0.207. The van der Waals surface area contributed by atoms with E-state index < -0.39 is 0 Å². The smallest absolute Gasteiger partial charge is 0.339 e. The molecule has 1 aromatic rings. The summed E-state index contributed by atoms with van der Waals surface area (Å²) in [6, 6.07) is 7.96. The molecule has 1 aliphatic heterocycles. The van der Waals surface area contributed by atoms with Gasteiger partial charge in [0.2, 0.25) is 0 Å². The Morgan fingerprint density at radius 2 is 2.13 bits per heavy atom. The number of carbonyl (C=O) groups excluding carboxylic acids is 1. The van der Waals surface area contributed by atoms with Crippen LogP contribution in [0.4, 0.5) is 0 Å². The maximum atomic E-state index is 11.5. The lowest BCUT2D eigenvalue weighted by Crippen LogP contribution is -2.28. The van der Waals surface area contributed by atoms with Gasteiger partial charge in [0.25, 0.3) is 0 Å². The molecule has 0 bridgehead atoms. The van der Waals surface area contributed by atoms with Crippen LogP contribution < -0.4 is 5.32 Å². The van der Waals surface area contributed by atoms with Gasteiger partial charge in [-0.25, -0.2) is 4.79 Å². The van der Waals surface area contributed by atoms with E-state index in [-0.39, 0.29) is 12.1 Å². The van der Waals surface area contributed by atoms with Crippen molar-refractivity contribution in [2.75, 3.05) is 6.54 Å². The Morgan fingerprint density at radius 3 is 2.87 bits per heavy atom. The molecule has 1 aromatic carbocycles. The van der Waals surface area contributed by atoms with Gasteiger partial charge in [0.1, 0.15) is 6.10 Å². The lowest BCUT2D eigenvalue weighted by molar-refractivity contribution is 0.0382. The average molecular weight is 205 g/mol. The largest absolute Gasteiger partial charge is 0.452 e. The molecule has 0 saturated carbocycles. The summed E-state index contributed by atoms with van der Waals surface area (Å²) in [4.78, 5) is 11.5. The molecule has 0 fully saturated rings. The predicted octanol–water partition coefficient (Wildman–Crippen LogP) is 1.90. The van der Waals surface area contributed by atoms with E-state index >= 15 is 0 Å². The highest BCUT2D eigenvalue weighted by molar-refractivity contribution is 5.93. The number of ether oxygens (including phenoxy) is 1. The maximum absolute atomic E-state index is 11.5. The van der Waals surface area contributed by atoms with Gasteiger partial charge >= 0.3 is 5.97 Å². The monoisotopic (exact) mass is 205 g/mol. The summed E-state index contributed by atoms with van der Waals surface area (Å²) < 4.78 is 5.28. The highest BCUT2D eigenvalue weighted by Gasteiger charge is 2.29. The van der Waals surface area contributed by atoms with Crippen molar-refractivity contribution in [3.63, 3.8) is 0 Å². The van der Waals surface area contributed by atoms with Crippen LogP contribution in [-0.4, -0.2) is 18.6 Å². The Morgan fingerprint density at radius 1 is 1.40 bits per heavy atom. The first-order chi connectivity index (χ1) is 7.18. The van der Waals surface area contributed by atoms with Crippen LogP contribution in [0.5, 0.6) is 0 Å². The molecular weight excluding hydrogens is 190 g/mol. The topological polar surface area (TPSA) is 38.3 Å². The van der Waals surface area contributed by atoms with Crippen LogP contribution in [0.15, 0.2) is 24.3 Å². The van der Waals surface area contributed by atoms with E-state index in [2.05, 4.69) is 19.2 Å². The molecule has 1 unspecified atom stereocenters. The molecule has 0 aliphatic carbocycles. The number of cyclic esters (lactones) is 1. The van der Waals surface area contributed by atoms with Crippen LogP contribution in [0, 0.1) is 0 Å². The van der Waals surface area contributed by atoms with Crippen molar-refractivity contribution < 1.29 is 9.53 Å². The molecule has 0 aromatic heterocycles. The molecule has 3 nitrogen and oxygen atoms in total. The molecule has 0 amide bonds. The third-order valence-corrected chi connectivity index (χ3v) is 2.49. The molecule has 2 rings (SSSR count). The van der Waals surface area contributed by atoms with E-state index in [0.29, 0.717) is 18.2 Å². The highest BCUT2D eigenvalue weighted by Crippen LogP contribution is 2.29. The molecule has 1 atom stereocenters. The summed E-state index contributed by atoms with van der Waals surface area (Å²) in [7, 11) is 0. The summed E-state index contributed by atoms with van der Waals surface area (Å²) in [6.45, 7) is 4.83. The molecule has 1 heterocycles. The van der Waals surface area contributed by atoms with Crippen molar-refractivity contribution in [3.05, 3.63) is 35.4 Å². The molecule has 0 saturated heterocycles. The van der Waals surface area contributed by atoms with Crippen molar-refractivity contribution in [1.82, 2.24) is 5.32 Å². The van der Waals surface area contributed by atoms with Gasteiger partial charge in [0, 0.05) is 18.2 Å². The second-order valence-corrected chi connectivity index (χ2v) is 4.04. The molecule has 3 heteroatoms. The fourth-order valence-corrected chi connectivity index (χ4v) is 1.71. The van der Waals surface area contributed by atoms with Crippen LogP contribution in [0.25, 0.3) is 0 Å². The maximum Gasteiger partial charge on any atom is 0.339 e. The average Bonchev–Trinajstić information content (AvgIpc) is 2.54.